The molecule has 0 radical (unpaired) electrons. The highest BCUT2D eigenvalue weighted by molar-refractivity contribution is 5.70. The van der Waals surface area contributed by atoms with Crippen molar-refractivity contribution in [3.05, 3.63) is 29.1 Å². The number of aromatic nitrogens is 3. The second kappa shape index (κ2) is 5.15. The van der Waals surface area contributed by atoms with Crippen LogP contribution >= 0.6 is 0 Å². The molecular formula is C15H8F5N3O4. The monoisotopic (exact) mass is 389 g/mol. The molecular weight excluding hydrogens is 381 g/mol. The first-order valence-corrected chi connectivity index (χ1v) is 7.40. The Balaban J connectivity index is 1.71. The third-order valence-electron chi connectivity index (χ3n) is 4.27. The molecule has 0 amide bonds. The predicted octanol–water partition coefficient (Wildman–Crippen LogP) is 1.59. The zero-order chi connectivity index (χ0) is 19.7. The fraction of sp³-hybridized carbons (Fsp3) is 0.333. The summed E-state index contributed by atoms with van der Waals surface area (Å²) in [6, 6.07) is 1.94. The molecule has 2 atom stereocenters. The zero-order valence-corrected chi connectivity index (χ0v) is 13.0. The normalized spacial score (nSPS) is 21.7. The highest BCUT2D eigenvalue weighted by atomic mass is 19.4. The Kier molecular flexibility index (Phi) is 3.28. The average molecular weight is 389 g/mol. The number of fused-ring (bicyclic) bond motifs is 3. The molecule has 2 aromatic rings. The summed E-state index contributed by atoms with van der Waals surface area (Å²) in [5.41, 5.74) is -3.32. The van der Waals surface area contributed by atoms with Crippen molar-refractivity contribution >= 4 is 5.97 Å². The van der Waals surface area contributed by atoms with Crippen molar-refractivity contribution in [2.45, 2.75) is 24.6 Å². The summed E-state index contributed by atoms with van der Waals surface area (Å²) in [5, 5.41) is 21.9. The van der Waals surface area contributed by atoms with Crippen molar-refractivity contribution in [2.24, 2.45) is 5.92 Å². The molecule has 2 unspecified atom stereocenters. The van der Waals surface area contributed by atoms with Gasteiger partial charge in [0.1, 0.15) is 18.2 Å². The molecule has 0 spiro atoms. The van der Waals surface area contributed by atoms with Gasteiger partial charge in [0.15, 0.2) is 5.69 Å². The van der Waals surface area contributed by atoms with Crippen LogP contribution in [0.15, 0.2) is 12.1 Å². The average Bonchev–Trinajstić information content (AvgIpc) is 3.05. The number of carbonyl (C=O) groups excluding carboxylic acids is 1. The van der Waals surface area contributed by atoms with Crippen LogP contribution in [0.1, 0.15) is 22.9 Å². The zero-order valence-electron chi connectivity index (χ0n) is 13.0. The van der Waals surface area contributed by atoms with Crippen LogP contribution in [0, 0.1) is 17.8 Å². The van der Waals surface area contributed by atoms with Crippen LogP contribution in [0.5, 0.6) is 11.8 Å². The lowest BCUT2D eigenvalue weighted by molar-refractivity contribution is -0.148. The first kappa shape index (κ1) is 17.2. The molecule has 0 saturated heterocycles. The maximum atomic E-state index is 14.5. The number of hydrogen-bond donors (Lipinski definition) is 2. The molecule has 0 fully saturated rings. The van der Waals surface area contributed by atoms with E-state index in [0.717, 1.165) is 12.1 Å². The Hall–Kier alpha value is -3.23. The fourth-order valence-corrected chi connectivity index (χ4v) is 3.13. The fourth-order valence-electron chi connectivity index (χ4n) is 3.13. The van der Waals surface area contributed by atoms with Crippen LogP contribution in [0.3, 0.4) is 0 Å². The van der Waals surface area contributed by atoms with Gasteiger partial charge < -0.3 is 15.1 Å². The van der Waals surface area contributed by atoms with E-state index in [1.807, 2.05) is 0 Å². The van der Waals surface area contributed by atoms with E-state index in [1.165, 1.54) is 0 Å². The largest absolute Gasteiger partial charge is 0.492 e. The highest BCUT2D eigenvalue weighted by Crippen LogP contribution is 2.57. The molecule has 2 heterocycles. The molecule has 2 aliphatic rings. The lowest BCUT2D eigenvalue weighted by Crippen LogP contribution is -2.31. The SMILES string of the molecule is O=C(Cn1nc(C(F)(F)F)c2c1C(F)(F)C1C#CC21)On1c(O)ccc1O. The lowest BCUT2D eigenvalue weighted by Gasteiger charge is -2.23. The number of aromatic hydroxyl groups is 2. The molecule has 142 valence electrons. The standard InChI is InChI=1S/C15H8F5N3O4/c16-14(17)7-2-1-6(7)11-12(15(18,19)20)21-22(13(11)14)5-10(26)27-23-8(24)3-4-9(23)25/h3-4,6-7,24-25H,5H2. The summed E-state index contributed by atoms with van der Waals surface area (Å²) in [7, 11) is 0. The van der Waals surface area contributed by atoms with Gasteiger partial charge in [-0.1, -0.05) is 11.8 Å². The van der Waals surface area contributed by atoms with Gasteiger partial charge in [-0.15, -0.1) is 4.73 Å². The number of carbonyl (C=O) groups is 1. The number of rotatable bonds is 3. The Labute approximate surface area is 146 Å². The van der Waals surface area contributed by atoms with Gasteiger partial charge >= 0.3 is 18.1 Å². The van der Waals surface area contributed by atoms with E-state index in [9.17, 15) is 37.0 Å². The van der Waals surface area contributed by atoms with E-state index in [4.69, 9.17) is 0 Å². The molecule has 0 saturated carbocycles. The number of alkyl halides is 5. The van der Waals surface area contributed by atoms with Crippen molar-refractivity contribution in [1.82, 2.24) is 14.5 Å². The van der Waals surface area contributed by atoms with E-state index < -0.39 is 65.2 Å². The van der Waals surface area contributed by atoms with E-state index in [2.05, 4.69) is 21.8 Å². The van der Waals surface area contributed by atoms with Crippen LogP contribution in [0.25, 0.3) is 0 Å². The molecule has 0 aliphatic heterocycles. The van der Waals surface area contributed by atoms with Crippen molar-refractivity contribution in [3.63, 3.8) is 0 Å². The molecule has 7 nitrogen and oxygen atoms in total. The van der Waals surface area contributed by atoms with Gasteiger partial charge in [0.05, 0.1) is 5.92 Å². The topological polar surface area (TPSA) is 89.5 Å². The summed E-state index contributed by atoms with van der Waals surface area (Å²) < 4.78 is 69.1. The second-order valence-electron chi connectivity index (χ2n) is 5.94. The molecule has 0 bridgehead atoms. The molecule has 4 rings (SSSR count). The molecule has 2 aromatic heterocycles. The van der Waals surface area contributed by atoms with Crippen LogP contribution in [0.2, 0.25) is 0 Å². The van der Waals surface area contributed by atoms with Gasteiger partial charge in [-0.3, -0.25) is 4.68 Å². The van der Waals surface area contributed by atoms with E-state index in [1.54, 1.807) is 0 Å². The molecule has 12 heteroatoms. The van der Waals surface area contributed by atoms with E-state index >= 15 is 0 Å². The van der Waals surface area contributed by atoms with E-state index in [-0.39, 0.29) is 9.41 Å². The summed E-state index contributed by atoms with van der Waals surface area (Å²) >= 11 is 0. The van der Waals surface area contributed by atoms with Crippen molar-refractivity contribution in [2.75, 3.05) is 0 Å². The smallest absolute Gasteiger partial charge is 0.435 e. The summed E-state index contributed by atoms with van der Waals surface area (Å²) in [6.07, 6.45) is -5.02. The van der Waals surface area contributed by atoms with Gasteiger partial charge in [0.25, 0.3) is 0 Å². The number of hydrogen-bond acceptors (Lipinski definition) is 5. The third kappa shape index (κ3) is 2.34. The minimum Gasteiger partial charge on any atom is -0.492 e. The van der Waals surface area contributed by atoms with Gasteiger partial charge in [-0.05, 0) is 0 Å². The maximum Gasteiger partial charge on any atom is 0.435 e. The van der Waals surface area contributed by atoms with Gasteiger partial charge in [0, 0.05) is 17.7 Å². The second-order valence-corrected chi connectivity index (χ2v) is 5.94. The quantitative estimate of drug-likeness (QED) is 0.615. The Morgan fingerprint density at radius 3 is 2.41 bits per heavy atom. The predicted molar refractivity (Wildman–Crippen MR) is 74.5 cm³/mol. The van der Waals surface area contributed by atoms with Crippen LogP contribution < -0.4 is 4.84 Å². The summed E-state index contributed by atoms with van der Waals surface area (Å²) in [6.45, 7) is -1.11. The van der Waals surface area contributed by atoms with Crippen LogP contribution in [-0.2, 0) is 23.4 Å². The Bertz CT molecular complexity index is 1010. The Morgan fingerprint density at radius 2 is 1.89 bits per heavy atom. The summed E-state index contributed by atoms with van der Waals surface area (Å²) in [5.74, 6) is -4.92. The lowest BCUT2D eigenvalue weighted by atomic mass is 9.84. The molecule has 27 heavy (non-hydrogen) atoms. The number of halogens is 5. The van der Waals surface area contributed by atoms with Gasteiger partial charge in [-0.25, -0.2) is 4.79 Å². The van der Waals surface area contributed by atoms with Gasteiger partial charge in [-0.2, -0.15) is 27.1 Å². The molecule has 2 aliphatic carbocycles. The van der Waals surface area contributed by atoms with Crippen LogP contribution in [-0.4, -0.2) is 30.7 Å². The maximum absolute atomic E-state index is 14.5. The van der Waals surface area contributed by atoms with Crippen molar-refractivity contribution in [1.29, 1.82) is 0 Å². The van der Waals surface area contributed by atoms with Crippen molar-refractivity contribution in [3.8, 4) is 23.6 Å². The third-order valence-corrected chi connectivity index (χ3v) is 4.27. The van der Waals surface area contributed by atoms with Crippen molar-refractivity contribution < 1.29 is 41.8 Å². The van der Waals surface area contributed by atoms with Crippen LogP contribution in [0.4, 0.5) is 22.0 Å². The first-order chi connectivity index (χ1) is 12.5. The minimum absolute atomic E-state index is 0.222. The molecule has 0 aromatic carbocycles. The first-order valence-electron chi connectivity index (χ1n) is 7.40. The Morgan fingerprint density at radius 1 is 1.26 bits per heavy atom. The molecule has 2 N–H and O–H groups in total. The van der Waals surface area contributed by atoms with E-state index in [0.29, 0.717) is 0 Å². The highest BCUT2D eigenvalue weighted by Gasteiger charge is 2.62. The number of nitrogens with zero attached hydrogens (tertiary/aromatic N) is 3. The van der Waals surface area contributed by atoms with Gasteiger partial charge in [0.2, 0.25) is 11.8 Å². The minimum atomic E-state index is -5.02. The summed E-state index contributed by atoms with van der Waals surface area (Å²) in [4.78, 5) is 16.5.